The number of aromatic nitrogens is 1. The highest BCUT2D eigenvalue weighted by Crippen LogP contribution is 2.26. The minimum atomic E-state index is -3.66. The van der Waals surface area contributed by atoms with E-state index in [1.807, 2.05) is 4.90 Å². The quantitative estimate of drug-likeness (QED) is 0.857. The van der Waals surface area contributed by atoms with Gasteiger partial charge in [-0.25, -0.2) is 18.1 Å². The van der Waals surface area contributed by atoms with E-state index in [2.05, 4.69) is 9.71 Å². The van der Waals surface area contributed by atoms with Gasteiger partial charge in [0, 0.05) is 19.1 Å². The van der Waals surface area contributed by atoms with Gasteiger partial charge in [-0.3, -0.25) is 0 Å². The van der Waals surface area contributed by atoms with Crippen LogP contribution in [0.3, 0.4) is 0 Å². The molecule has 0 bridgehead atoms. The van der Waals surface area contributed by atoms with E-state index < -0.39 is 10.0 Å². The van der Waals surface area contributed by atoms with Gasteiger partial charge in [-0.05, 0) is 19.9 Å². The molecule has 2 rings (SSSR count). The maximum absolute atomic E-state index is 12.4. The maximum atomic E-state index is 12.4. The first kappa shape index (κ1) is 16.0. The predicted molar refractivity (Wildman–Crippen MR) is 79.3 cm³/mol. The number of anilines is 1. The number of pyridine rings is 1. The van der Waals surface area contributed by atoms with Crippen LogP contribution in [-0.2, 0) is 14.8 Å². The van der Waals surface area contributed by atoms with Crippen LogP contribution in [0.25, 0.3) is 0 Å². The van der Waals surface area contributed by atoms with Gasteiger partial charge < -0.3 is 14.4 Å². The summed E-state index contributed by atoms with van der Waals surface area (Å²) in [5.41, 5.74) is 0.753. The second kappa shape index (κ2) is 6.59. The Morgan fingerprint density at radius 1 is 1.38 bits per heavy atom. The molecule has 0 radical (unpaired) electrons. The van der Waals surface area contributed by atoms with E-state index in [1.54, 1.807) is 26.1 Å². The Labute approximate surface area is 125 Å². The average molecular weight is 315 g/mol. The van der Waals surface area contributed by atoms with Gasteiger partial charge in [0.1, 0.15) is 4.90 Å². The van der Waals surface area contributed by atoms with Gasteiger partial charge in [-0.15, -0.1) is 0 Å². The minimum Gasteiger partial charge on any atom is -0.480 e. The summed E-state index contributed by atoms with van der Waals surface area (Å²) in [4.78, 5) is 6.23. The second-order valence-electron chi connectivity index (χ2n) is 5.08. The number of rotatable bonds is 5. The van der Waals surface area contributed by atoms with Gasteiger partial charge in [-0.1, -0.05) is 0 Å². The number of nitrogens with one attached hydrogen (secondary N) is 1. The summed E-state index contributed by atoms with van der Waals surface area (Å²) in [5, 5.41) is 0. The molecule has 1 aliphatic heterocycles. The van der Waals surface area contributed by atoms with Crippen molar-refractivity contribution in [2.45, 2.75) is 24.8 Å². The van der Waals surface area contributed by atoms with E-state index in [9.17, 15) is 8.42 Å². The van der Waals surface area contributed by atoms with E-state index in [0.29, 0.717) is 26.3 Å². The summed E-state index contributed by atoms with van der Waals surface area (Å²) in [6.45, 7) is 6.21. The molecule has 0 unspecified atom stereocenters. The van der Waals surface area contributed by atoms with Gasteiger partial charge in [0.15, 0.2) is 0 Å². The molecule has 1 aliphatic rings. The van der Waals surface area contributed by atoms with Crippen molar-refractivity contribution in [3.05, 3.63) is 12.3 Å². The van der Waals surface area contributed by atoms with E-state index in [-0.39, 0.29) is 16.8 Å². The molecule has 7 nitrogen and oxygen atoms in total. The van der Waals surface area contributed by atoms with Crippen molar-refractivity contribution in [1.82, 2.24) is 9.71 Å². The second-order valence-corrected chi connectivity index (χ2v) is 6.76. The normalized spacial score (nSPS) is 16.3. The van der Waals surface area contributed by atoms with Gasteiger partial charge in [0.2, 0.25) is 15.9 Å². The first-order valence-electron chi connectivity index (χ1n) is 6.83. The molecule has 1 aromatic heterocycles. The lowest BCUT2D eigenvalue weighted by Crippen LogP contribution is -2.36. The van der Waals surface area contributed by atoms with Crippen LogP contribution in [0.5, 0.6) is 5.88 Å². The fourth-order valence-electron chi connectivity index (χ4n) is 2.14. The highest BCUT2D eigenvalue weighted by atomic mass is 32.2. The Bertz CT molecular complexity index is 583. The van der Waals surface area contributed by atoms with Gasteiger partial charge in [-0.2, -0.15) is 0 Å². The van der Waals surface area contributed by atoms with Crippen LogP contribution in [0, 0.1) is 0 Å². The van der Waals surface area contributed by atoms with Crippen molar-refractivity contribution < 1.29 is 17.9 Å². The molecule has 0 spiro atoms. The van der Waals surface area contributed by atoms with E-state index in [1.165, 1.54) is 7.11 Å². The monoisotopic (exact) mass is 315 g/mol. The van der Waals surface area contributed by atoms with Crippen molar-refractivity contribution in [2.75, 3.05) is 38.3 Å². The summed E-state index contributed by atoms with van der Waals surface area (Å²) in [7, 11) is -2.25. The topological polar surface area (TPSA) is 80.8 Å². The summed E-state index contributed by atoms with van der Waals surface area (Å²) in [5.74, 6) is 0.0974. The summed E-state index contributed by atoms with van der Waals surface area (Å²) in [6.07, 6.45) is 1.62. The number of methoxy groups -OCH3 is 1. The molecular weight excluding hydrogens is 294 g/mol. The van der Waals surface area contributed by atoms with Crippen LogP contribution < -0.4 is 14.4 Å². The maximum Gasteiger partial charge on any atom is 0.246 e. The van der Waals surface area contributed by atoms with Gasteiger partial charge >= 0.3 is 0 Å². The van der Waals surface area contributed by atoms with Crippen molar-refractivity contribution in [3.8, 4) is 5.88 Å². The van der Waals surface area contributed by atoms with Crippen LogP contribution in [0.1, 0.15) is 13.8 Å². The lowest BCUT2D eigenvalue weighted by Gasteiger charge is -2.29. The molecule has 1 N–H and O–H groups in total. The van der Waals surface area contributed by atoms with Crippen LogP contribution in [0.2, 0.25) is 0 Å². The molecule has 0 atom stereocenters. The Hall–Kier alpha value is -1.38. The van der Waals surface area contributed by atoms with Gasteiger partial charge in [0.05, 0.1) is 32.2 Å². The van der Waals surface area contributed by atoms with Crippen LogP contribution in [0.15, 0.2) is 17.2 Å². The lowest BCUT2D eigenvalue weighted by atomic mass is 10.3. The molecule has 0 aromatic carbocycles. The number of hydrogen-bond acceptors (Lipinski definition) is 6. The summed E-state index contributed by atoms with van der Waals surface area (Å²) in [6, 6.07) is 1.40. The smallest absolute Gasteiger partial charge is 0.246 e. The molecule has 0 aliphatic carbocycles. The molecule has 1 saturated heterocycles. The Kier molecular flexibility index (Phi) is 5.02. The van der Waals surface area contributed by atoms with E-state index >= 15 is 0 Å². The number of morpholine rings is 1. The first-order chi connectivity index (χ1) is 9.94. The minimum absolute atomic E-state index is 0.0580. The zero-order valence-corrected chi connectivity index (χ0v) is 13.3. The fraction of sp³-hybridized carbons (Fsp3) is 0.615. The van der Waals surface area contributed by atoms with E-state index in [4.69, 9.17) is 9.47 Å². The van der Waals surface area contributed by atoms with Crippen molar-refractivity contribution in [1.29, 1.82) is 0 Å². The van der Waals surface area contributed by atoms with Crippen molar-refractivity contribution in [2.24, 2.45) is 0 Å². The van der Waals surface area contributed by atoms with Crippen LogP contribution >= 0.6 is 0 Å². The molecule has 0 amide bonds. The molecule has 8 heteroatoms. The molecule has 21 heavy (non-hydrogen) atoms. The predicted octanol–water partition coefficient (Wildman–Crippen LogP) is 0.614. The number of ether oxygens (including phenoxy) is 2. The lowest BCUT2D eigenvalue weighted by molar-refractivity contribution is 0.122. The first-order valence-corrected chi connectivity index (χ1v) is 8.31. The van der Waals surface area contributed by atoms with Crippen molar-refractivity contribution >= 4 is 15.7 Å². The molecule has 1 aromatic rings. The number of nitrogens with zero attached hydrogens (tertiary/aromatic N) is 2. The Balaban J connectivity index is 2.38. The largest absolute Gasteiger partial charge is 0.480 e. The third-order valence-electron chi connectivity index (χ3n) is 3.05. The third kappa shape index (κ3) is 3.84. The van der Waals surface area contributed by atoms with Crippen LogP contribution in [0.4, 0.5) is 5.69 Å². The summed E-state index contributed by atoms with van der Waals surface area (Å²) < 4.78 is 37.7. The van der Waals surface area contributed by atoms with Crippen molar-refractivity contribution in [3.63, 3.8) is 0 Å². The van der Waals surface area contributed by atoms with Gasteiger partial charge in [0.25, 0.3) is 0 Å². The Morgan fingerprint density at radius 3 is 2.62 bits per heavy atom. The average Bonchev–Trinajstić information content (AvgIpc) is 2.46. The number of hydrogen-bond donors (Lipinski definition) is 1. The fourth-order valence-corrected chi connectivity index (χ4v) is 3.53. The molecule has 0 saturated carbocycles. The SMILES string of the molecule is COc1ncc(N2CCOCC2)cc1S(=O)(=O)NC(C)C. The highest BCUT2D eigenvalue weighted by Gasteiger charge is 2.24. The Morgan fingerprint density at radius 2 is 2.05 bits per heavy atom. The zero-order chi connectivity index (χ0) is 15.5. The molecule has 1 fully saturated rings. The third-order valence-corrected chi connectivity index (χ3v) is 4.71. The molecular formula is C13H21N3O4S. The number of sulfonamides is 1. The standard InChI is InChI=1S/C13H21N3O4S/c1-10(2)15-21(17,18)12-8-11(9-14-13(12)19-3)16-4-6-20-7-5-16/h8-10,15H,4-7H2,1-3H3. The molecule has 2 heterocycles. The van der Waals surface area contributed by atoms with E-state index in [0.717, 1.165) is 5.69 Å². The van der Waals surface area contributed by atoms with Crippen LogP contribution in [-0.4, -0.2) is 52.9 Å². The summed E-state index contributed by atoms with van der Waals surface area (Å²) >= 11 is 0. The molecule has 118 valence electrons. The zero-order valence-electron chi connectivity index (χ0n) is 12.5. The highest BCUT2D eigenvalue weighted by molar-refractivity contribution is 7.89.